The van der Waals surface area contributed by atoms with Crippen molar-refractivity contribution in [3.63, 3.8) is 0 Å². The Morgan fingerprint density at radius 2 is 1.80 bits per heavy atom. The minimum Gasteiger partial charge on any atom is -0.320 e. The van der Waals surface area contributed by atoms with Crippen molar-refractivity contribution in [2.75, 3.05) is 0 Å². The van der Waals surface area contributed by atoms with Gasteiger partial charge in [-0.3, -0.25) is 0 Å². The highest BCUT2D eigenvalue weighted by molar-refractivity contribution is 9.10. The molecule has 2 rings (SSSR count). The third-order valence-electron chi connectivity index (χ3n) is 3.15. The number of alkyl halides is 3. The lowest BCUT2D eigenvalue weighted by Gasteiger charge is -2.17. The molecule has 2 N–H and O–H groups in total. The number of benzene rings is 2. The zero-order chi connectivity index (χ0) is 14.9. The van der Waals surface area contributed by atoms with E-state index in [1.807, 2.05) is 25.1 Å². The molecular formula is C15H13BrF3N. The van der Waals surface area contributed by atoms with E-state index in [4.69, 9.17) is 5.73 Å². The summed E-state index contributed by atoms with van der Waals surface area (Å²) >= 11 is 3.35. The molecule has 0 spiro atoms. The molecule has 0 aromatic heterocycles. The van der Waals surface area contributed by atoms with E-state index in [9.17, 15) is 13.2 Å². The zero-order valence-electron chi connectivity index (χ0n) is 10.7. The SMILES string of the molecule is Cc1ccc(Br)cc1C(N)c1cccc(C(F)(F)F)c1. The Morgan fingerprint density at radius 3 is 2.45 bits per heavy atom. The van der Waals surface area contributed by atoms with E-state index in [0.717, 1.165) is 27.7 Å². The third kappa shape index (κ3) is 3.22. The van der Waals surface area contributed by atoms with Crippen molar-refractivity contribution in [2.45, 2.75) is 19.1 Å². The summed E-state index contributed by atoms with van der Waals surface area (Å²) in [7, 11) is 0. The molecule has 1 atom stereocenters. The maximum Gasteiger partial charge on any atom is 0.416 e. The van der Waals surface area contributed by atoms with Gasteiger partial charge in [0.05, 0.1) is 11.6 Å². The van der Waals surface area contributed by atoms with E-state index in [0.29, 0.717) is 5.56 Å². The molecule has 0 fully saturated rings. The van der Waals surface area contributed by atoms with Gasteiger partial charge in [-0.15, -0.1) is 0 Å². The minimum atomic E-state index is -4.36. The summed E-state index contributed by atoms with van der Waals surface area (Å²) in [5.41, 5.74) is 7.62. The number of halogens is 4. The molecule has 0 aliphatic carbocycles. The number of aryl methyl sites for hydroxylation is 1. The molecule has 0 aliphatic rings. The molecule has 1 unspecified atom stereocenters. The van der Waals surface area contributed by atoms with Crippen LogP contribution in [0.15, 0.2) is 46.9 Å². The van der Waals surface area contributed by atoms with Crippen LogP contribution in [0.25, 0.3) is 0 Å². The van der Waals surface area contributed by atoms with Crippen LogP contribution >= 0.6 is 15.9 Å². The minimum absolute atomic E-state index is 0.445. The van der Waals surface area contributed by atoms with Crippen molar-refractivity contribution in [2.24, 2.45) is 5.73 Å². The number of rotatable bonds is 2. The predicted octanol–water partition coefficient (Wildman–Crippen LogP) is 4.82. The van der Waals surface area contributed by atoms with Gasteiger partial charge >= 0.3 is 6.18 Å². The summed E-state index contributed by atoms with van der Waals surface area (Å²) in [5.74, 6) is 0. The molecule has 5 heteroatoms. The Balaban J connectivity index is 2.43. The van der Waals surface area contributed by atoms with Crippen LogP contribution in [-0.4, -0.2) is 0 Å². The quantitative estimate of drug-likeness (QED) is 0.830. The molecule has 2 aromatic carbocycles. The molecule has 0 aliphatic heterocycles. The molecule has 0 saturated carbocycles. The second kappa shape index (κ2) is 5.58. The monoisotopic (exact) mass is 343 g/mol. The van der Waals surface area contributed by atoms with E-state index < -0.39 is 17.8 Å². The molecule has 0 radical (unpaired) electrons. The summed E-state index contributed by atoms with van der Waals surface area (Å²) in [4.78, 5) is 0. The summed E-state index contributed by atoms with van der Waals surface area (Å²) in [6.45, 7) is 1.88. The van der Waals surface area contributed by atoms with Gasteiger partial charge in [0.2, 0.25) is 0 Å². The lowest BCUT2D eigenvalue weighted by molar-refractivity contribution is -0.137. The number of nitrogens with two attached hydrogens (primary N) is 1. The van der Waals surface area contributed by atoms with E-state index in [1.165, 1.54) is 6.07 Å². The van der Waals surface area contributed by atoms with Gasteiger partial charge in [0.15, 0.2) is 0 Å². The first-order valence-electron chi connectivity index (χ1n) is 5.98. The molecule has 0 heterocycles. The molecule has 1 nitrogen and oxygen atoms in total. The van der Waals surface area contributed by atoms with Gasteiger partial charge in [0, 0.05) is 4.47 Å². The Bertz CT molecular complexity index is 623. The highest BCUT2D eigenvalue weighted by Crippen LogP contribution is 2.32. The van der Waals surface area contributed by atoms with E-state index in [-0.39, 0.29) is 0 Å². The zero-order valence-corrected chi connectivity index (χ0v) is 12.3. The van der Waals surface area contributed by atoms with Crippen LogP contribution < -0.4 is 5.73 Å². The van der Waals surface area contributed by atoms with Gasteiger partial charge in [-0.25, -0.2) is 0 Å². The third-order valence-corrected chi connectivity index (χ3v) is 3.64. The van der Waals surface area contributed by atoms with Crippen molar-refractivity contribution in [1.82, 2.24) is 0 Å². The van der Waals surface area contributed by atoms with E-state index >= 15 is 0 Å². The average Bonchev–Trinajstić information content (AvgIpc) is 2.40. The normalized spacial score (nSPS) is 13.3. The molecule has 0 saturated heterocycles. The molecule has 20 heavy (non-hydrogen) atoms. The van der Waals surface area contributed by atoms with Crippen LogP contribution in [0.2, 0.25) is 0 Å². The van der Waals surface area contributed by atoms with Gasteiger partial charge in [0.1, 0.15) is 0 Å². The summed E-state index contributed by atoms with van der Waals surface area (Å²) in [6.07, 6.45) is -4.36. The van der Waals surface area contributed by atoms with Crippen LogP contribution in [0.4, 0.5) is 13.2 Å². The van der Waals surface area contributed by atoms with Crippen LogP contribution in [0.3, 0.4) is 0 Å². The Labute approximate surface area is 123 Å². The highest BCUT2D eigenvalue weighted by atomic mass is 79.9. The lowest BCUT2D eigenvalue weighted by Crippen LogP contribution is -2.15. The standard InChI is InChI=1S/C15H13BrF3N/c1-9-5-6-12(16)8-13(9)14(20)10-3-2-4-11(7-10)15(17,18)19/h2-8,14H,20H2,1H3. The van der Waals surface area contributed by atoms with Gasteiger partial charge < -0.3 is 5.73 Å². The van der Waals surface area contributed by atoms with Crippen molar-refractivity contribution in [3.8, 4) is 0 Å². The Kier molecular flexibility index (Phi) is 4.20. The maximum absolute atomic E-state index is 12.7. The second-order valence-corrected chi connectivity index (χ2v) is 5.52. The number of hydrogen-bond donors (Lipinski definition) is 1. The molecule has 0 bridgehead atoms. The van der Waals surface area contributed by atoms with Crippen molar-refractivity contribution < 1.29 is 13.2 Å². The molecule has 0 amide bonds. The fourth-order valence-corrected chi connectivity index (χ4v) is 2.41. The fourth-order valence-electron chi connectivity index (χ4n) is 2.03. The summed E-state index contributed by atoms with van der Waals surface area (Å²) < 4.78 is 39.0. The Morgan fingerprint density at radius 1 is 1.10 bits per heavy atom. The molecule has 106 valence electrons. The highest BCUT2D eigenvalue weighted by Gasteiger charge is 2.30. The van der Waals surface area contributed by atoms with Gasteiger partial charge in [-0.1, -0.05) is 34.1 Å². The first-order chi connectivity index (χ1) is 9.29. The van der Waals surface area contributed by atoms with Crippen LogP contribution in [0.1, 0.15) is 28.3 Å². The molecule has 2 aromatic rings. The average molecular weight is 344 g/mol. The topological polar surface area (TPSA) is 26.0 Å². The van der Waals surface area contributed by atoms with Crippen LogP contribution in [0, 0.1) is 6.92 Å². The van der Waals surface area contributed by atoms with Crippen LogP contribution in [0.5, 0.6) is 0 Å². The smallest absolute Gasteiger partial charge is 0.320 e. The molecular weight excluding hydrogens is 331 g/mol. The lowest BCUT2D eigenvalue weighted by atomic mass is 9.95. The Hall–Kier alpha value is -1.33. The van der Waals surface area contributed by atoms with E-state index in [1.54, 1.807) is 6.07 Å². The van der Waals surface area contributed by atoms with Crippen molar-refractivity contribution in [1.29, 1.82) is 0 Å². The summed E-state index contributed by atoms with van der Waals surface area (Å²) in [5, 5.41) is 0. The van der Waals surface area contributed by atoms with Gasteiger partial charge in [-0.05, 0) is 47.9 Å². The maximum atomic E-state index is 12.7. The first kappa shape index (κ1) is 15.1. The fraction of sp³-hybridized carbons (Fsp3) is 0.200. The second-order valence-electron chi connectivity index (χ2n) is 4.60. The number of hydrogen-bond acceptors (Lipinski definition) is 1. The first-order valence-corrected chi connectivity index (χ1v) is 6.77. The predicted molar refractivity (Wildman–Crippen MR) is 76.4 cm³/mol. The van der Waals surface area contributed by atoms with E-state index in [2.05, 4.69) is 15.9 Å². The van der Waals surface area contributed by atoms with Gasteiger partial charge in [0.25, 0.3) is 0 Å². The van der Waals surface area contributed by atoms with Crippen molar-refractivity contribution >= 4 is 15.9 Å². The van der Waals surface area contributed by atoms with Crippen LogP contribution in [-0.2, 0) is 6.18 Å². The van der Waals surface area contributed by atoms with Crippen molar-refractivity contribution in [3.05, 3.63) is 69.2 Å². The summed E-state index contributed by atoms with van der Waals surface area (Å²) in [6, 6.07) is 10.1. The van der Waals surface area contributed by atoms with Gasteiger partial charge in [-0.2, -0.15) is 13.2 Å². The largest absolute Gasteiger partial charge is 0.416 e.